The Hall–Kier alpha value is -3.61. The van der Waals surface area contributed by atoms with Crippen molar-refractivity contribution in [3.05, 3.63) is 170 Å². The van der Waals surface area contributed by atoms with Gasteiger partial charge >= 0.3 is 5.97 Å². The number of halogens is 6. The van der Waals surface area contributed by atoms with Crippen molar-refractivity contribution in [3.63, 3.8) is 0 Å². The van der Waals surface area contributed by atoms with Gasteiger partial charge < -0.3 is 14.5 Å². The average Bonchev–Trinajstić information content (AvgIpc) is 4.02. The molecule has 3 aliphatic heterocycles. The van der Waals surface area contributed by atoms with Gasteiger partial charge in [0, 0.05) is 53.2 Å². The van der Waals surface area contributed by atoms with Crippen LogP contribution in [0.5, 0.6) is 0 Å². The van der Waals surface area contributed by atoms with Crippen LogP contribution in [0.15, 0.2) is 83.9 Å². The lowest BCUT2D eigenvalue weighted by Gasteiger charge is -2.36. The highest BCUT2D eigenvalue weighted by molar-refractivity contribution is 6.53. The summed E-state index contributed by atoms with van der Waals surface area (Å²) in [4.78, 5) is 19.5. The molecule has 0 spiro atoms. The third-order valence-corrected chi connectivity index (χ3v) is 15.3. The van der Waals surface area contributed by atoms with E-state index in [9.17, 15) is 4.79 Å². The standard InChI is InChI=1S/C50H46Cl6N2O2/c1-27-11-13-33(25-39(27)51)41(37-17-15-35(23-29(37)3)57-19-7-8-20-57)31(5)50(44-43(49(59)60-50)45(53)47(55)48(56)46(44)54)32(6)42(34-14-12-28(2)40(52)26-34)38-18-16-36(24-30(38)4)58-21-9-10-22-58/h11-18,23-26H,7-10,19-22H2,1-6H3. The van der Waals surface area contributed by atoms with Crippen molar-refractivity contribution in [1.29, 1.82) is 0 Å². The lowest BCUT2D eigenvalue weighted by molar-refractivity contribution is 0.0230. The van der Waals surface area contributed by atoms with Crippen LogP contribution in [0.1, 0.15) is 100.0 Å². The predicted octanol–water partition coefficient (Wildman–Crippen LogP) is 15.5. The molecular weight excluding hydrogens is 873 g/mol. The second kappa shape index (κ2) is 16.9. The van der Waals surface area contributed by atoms with Gasteiger partial charge in [-0.15, -0.1) is 0 Å². The molecule has 0 aromatic heterocycles. The number of hydrogen-bond acceptors (Lipinski definition) is 4. The molecule has 0 bridgehead atoms. The fraction of sp³-hybridized carbons (Fsp3) is 0.300. The zero-order chi connectivity index (χ0) is 42.8. The van der Waals surface area contributed by atoms with E-state index in [4.69, 9.17) is 74.3 Å². The normalized spacial score (nSPS) is 18.5. The summed E-state index contributed by atoms with van der Waals surface area (Å²) in [6.07, 6.45) is 4.65. The van der Waals surface area contributed by atoms with Crippen LogP contribution in [-0.4, -0.2) is 32.1 Å². The Kier molecular flexibility index (Phi) is 12.1. The molecule has 4 nitrogen and oxygen atoms in total. The Morgan fingerprint density at radius 1 is 0.533 bits per heavy atom. The first-order chi connectivity index (χ1) is 28.6. The Balaban J connectivity index is 1.53. The minimum atomic E-state index is -1.67. The Morgan fingerprint density at radius 3 is 1.35 bits per heavy atom. The second-order valence-electron chi connectivity index (χ2n) is 16.4. The molecule has 2 fully saturated rings. The topological polar surface area (TPSA) is 32.8 Å². The molecule has 0 aliphatic carbocycles. The summed E-state index contributed by atoms with van der Waals surface area (Å²) in [5.41, 5.74) is 11.6. The van der Waals surface area contributed by atoms with Gasteiger partial charge in [0.25, 0.3) is 0 Å². The third kappa shape index (κ3) is 7.33. The number of cyclic esters (lactones) is 1. The van der Waals surface area contributed by atoms with Crippen LogP contribution in [0, 0.1) is 27.7 Å². The summed E-state index contributed by atoms with van der Waals surface area (Å²) in [7, 11) is 0. The summed E-state index contributed by atoms with van der Waals surface area (Å²) < 4.78 is 6.94. The maximum Gasteiger partial charge on any atom is 0.341 e. The lowest BCUT2D eigenvalue weighted by atomic mass is 9.72. The Labute approximate surface area is 383 Å². The zero-order valence-corrected chi connectivity index (χ0v) is 39.1. The molecular formula is C50H46Cl6N2O2. The molecule has 0 N–H and O–H groups in total. The number of nitrogens with zero attached hydrogens (tertiary/aromatic N) is 2. The van der Waals surface area contributed by atoms with Crippen molar-refractivity contribution < 1.29 is 9.53 Å². The largest absolute Gasteiger partial charge is 0.441 e. The van der Waals surface area contributed by atoms with Gasteiger partial charge in [0.05, 0.1) is 25.7 Å². The van der Waals surface area contributed by atoms with Gasteiger partial charge in [0.1, 0.15) is 0 Å². The van der Waals surface area contributed by atoms with Gasteiger partial charge in [-0.1, -0.05) is 106 Å². The highest BCUT2D eigenvalue weighted by Crippen LogP contribution is 2.59. The highest BCUT2D eigenvalue weighted by atomic mass is 35.5. The lowest BCUT2D eigenvalue weighted by Crippen LogP contribution is -2.32. The number of benzene rings is 5. The predicted molar refractivity (Wildman–Crippen MR) is 255 cm³/mol. The summed E-state index contributed by atoms with van der Waals surface area (Å²) in [6.45, 7) is 16.2. The molecule has 0 saturated carbocycles. The molecule has 8 rings (SSSR count). The minimum Gasteiger partial charge on any atom is -0.441 e. The SMILES string of the molecule is CC(=C(c1ccc(C)c(Cl)c1)c1ccc(N2CCCC2)cc1C)C1(C(C)=C(c2ccc(C)c(Cl)c2)c2ccc(N3CCCC3)cc2C)OC(=O)c2c(Cl)c(Cl)c(Cl)c(Cl)c21. The van der Waals surface area contributed by atoms with E-state index >= 15 is 0 Å². The molecule has 310 valence electrons. The number of fused-ring (bicyclic) bond motifs is 1. The van der Waals surface area contributed by atoms with E-state index in [-0.39, 0.29) is 25.7 Å². The van der Waals surface area contributed by atoms with E-state index in [1.165, 1.54) is 11.4 Å². The van der Waals surface area contributed by atoms with Crippen LogP contribution >= 0.6 is 69.6 Å². The number of ether oxygens (including phenoxy) is 1. The van der Waals surface area contributed by atoms with Crippen LogP contribution in [0.25, 0.3) is 11.1 Å². The molecule has 0 unspecified atom stereocenters. The van der Waals surface area contributed by atoms with Gasteiger partial charge in [-0.25, -0.2) is 4.79 Å². The fourth-order valence-electron chi connectivity index (χ4n) is 9.40. The molecule has 0 radical (unpaired) electrons. The first-order valence-electron chi connectivity index (χ1n) is 20.4. The smallest absolute Gasteiger partial charge is 0.341 e. The number of anilines is 2. The molecule has 60 heavy (non-hydrogen) atoms. The summed E-state index contributed by atoms with van der Waals surface area (Å²) in [5, 5.41) is 1.28. The van der Waals surface area contributed by atoms with E-state index in [2.05, 4.69) is 72.2 Å². The maximum absolute atomic E-state index is 14.7. The number of rotatable bonds is 8. The summed E-state index contributed by atoms with van der Waals surface area (Å²) in [5.74, 6) is -0.668. The average molecular weight is 920 g/mol. The monoisotopic (exact) mass is 916 g/mol. The van der Waals surface area contributed by atoms with Crippen molar-refractivity contribution in [2.75, 3.05) is 36.0 Å². The first kappa shape index (κ1) is 43.1. The van der Waals surface area contributed by atoms with E-state index in [0.29, 0.717) is 26.8 Å². The number of carbonyl (C=O) groups is 1. The Bertz CT molecular complexity index is 2520. The molecule has 5 aromatic rings. The van der Waals surface area contributed by atoms with E-state index in [1.54, 1.807) is 0 Å². The number of carbonyl (C=O) groups excluding carboxylic acids is 1. The Morgan fingerprint density at radius 2 is 0.950 bits per heavy atom. The van der Waals surface area contributed by atoms with Gasteiger partial charge in [-0.05, 0) is 170 Å². The molecule has 2 saturated heterocycles. The van der Waals surface area contributed by atoms with Crippen molar-refractivity contribution in [3.8, 4) is 0 Å². The quantitative estimate of drug-likeness (QED) is 0.0882. The van der Waals surface area contributed by atoms with Crippen molar-refractivity contribution in [1.82, 2.24) is 0 Å². The molecule has 10 heteroatoms. The van der Waals surface area contributed by atoms with Crippen LogP contribution in [0.2, 0.25) is 30.1 Å². The van der Waals surface area contributed by atoms with Crippen LogP contribution in [0.4, 0.5) is 11.4 Å². The highest BCUT2D eigenvalue weighted by Gasteiger charge is 2.54. The van der Waals surface area contributed by atoms with Crippen LogP contribution in [0.3, 0.4) is 0 Å². The van der Waals surface area contributed by atoms with Crippen LogP contribution in [-0.2, 0) is 10.3 Å². The van der Waals surface area contributed by atoms with Crippen molar-refractivity contribution in [2.45, 2.75) is 72.8 Å². The molecule has 0 amide bonds. The van der Waals surface area contributed by atoms with Crippen molar-refractivity contribution >= 4 is 98.1 Å². The third-order valence-electron chi connectivity index (χ3n) is 12.7. The summed E-state index contributed by atoms with van der Waals surface area (Å²) in [6, 6.07) is 25.2. The number of esters is 1. The second-order valence-corrected chi connectivity index (χ2v) is 18.7. The van der Waals surface area contributed by atoms with Crippen molar-refractivity contribution in [2.24, 2.45) is 0 Å². The fourth-order valence-corrected chi connectivity index (χ4v) is 10.8. The summed E-state index contributed by atoms with van der Waals surface area (Å²) >= 11 is 42.0. The van der Waals surface area contributed by atoms with E-state index < -0.39 is 11.6 Å². The van der Waals surface area contributed by atoms with Crippen LogP contribution < -0.4 is 9.80 Å². The molecule has 0 atom stereocenters. The number of hydrogen-bond donors (Lipinski definition) is 0. The van der Waals surface area contributed by atoms with E-state index in [0.717, 1.165) is 108 Å². The zero-order valence-electron chi connectivity index (χ0n) is 34.6. The van der Waals surface area contributed by atoms with Gasteiger partial charge in [0.15, 0.2) is 5.60 Å². The van der Waals surface area contributed by atoms with Gasteiger partial charge in [0.2, 0.25) is 0 Å². The molecule has 3 heterocycles. The van der Waals surface area contributed by atoms with Gasteiger partial charge in [-0.3, -0.25) is 0 Å². The minimum absolute atomic E-state index is 0.0177. The molecule has 5 aromatic carbocycles. The van der Waals surface area contributed by atoms with Gasteiger partial charge in [-0.2, -0.15) is 0 Å². The number of aryl methyl sites for hydroxylation is 4. The molecule has 3 aliphatic rings. The first-order valence-corrected chi connectivity index (χ1v) is 22.7. The van der Waals surface area contributed by atoms with E-state index in [1.807, 2.05) is 52.0 Å². The maximum atomic E-state index is 14.7.